The lowest BCUT2D eigenvalue weighted by Crippen LogP contribution is -2.23. The van der Waals surface area contributed by atoms with E-state index in [1.54, 1.807) is 0 Å². The molecule has 2 aliphatic rings. The Hall–Kier alpha value is -1.10. The van der Waals surface area contributed by atoms with Crippen molar-refractivity contribution in [3.8, 4) is 0 Å². The Morgan fingerprint density at radius 3 is 2.89 bits per heavy atom. The van der Waals surface area contributed by atoms with Crippen LogP contribution in [0.2, 0.25) is 0 Å². The van der Waals surface area contributed by atoms with Crippen molar-refractivity contribution in [2.75, 3.05) is 13.2 Å². The van der Waals surface area contributed by atoms with Crippen LogP contribution in [0.15, 0.2) is 28.0 Å². The normalized spacial score (nSPS) is 22.4. The summed E-state index contributed by atoms with van der Waals surface area (Å²) >= 11 is 3.12. The van der Waals surface area contributed by atoms with Gasteiger partial charge in [0.2, 0.25) is 0 Å². The van der Waals surface area contributed by atoms with Gasteiger partial charge in [0.25, 0.3) is 0 Å². The number of nitrogens with one attached hydrogen (secondary N) is 1. The van der Waals surface area contributed by atoms with Gasteiger partial charge >= 0.3 is 0 Å². The molecule has 1 N–H and O–H groups in total. The van der Waals surface area contributed by atoms with Gasteiger partial charge in [0.1, 0.15) is 11.6 Å². The van der Waals surface area contributed by atoms with E-state index in [2.05, 4.69) is 26.1 Å². The third-order valence-electron chi connectivity index (χ3n) is 3.72. The van der Waals surface area contributed by atoms with Crippen LogP contribution in [0.25, 0.3) is 0 Å². The molecule has 3 rings (SSSR count). The highest BCUT2D eigenvalue weighted by Gasteiger charge is 2.35. The second-order valence-corrected chi connectivity index (χ2v) is 5.64. The third-order valence-corrected chi connectivity index (χ3v) is 4.33. The fourth-order valence-electron chi connectivity index (χ4n) is 2.78. The average molecular weight is 315 g/mol. The van der Waals surface area contributed by atoms with Crippen molar-refractivity contribution >= 4 is 15.9 Å². The van der Waals surface area contributed by atoms with E-state index in [9.17, 15) is 8.78 Å². The fourth-order valence-corrected chi connectivity index (χ4v) is 3.13. The topological polar surface area (TPSA) is 15.3 Å². The molecule has 1 fully saturated rings. The smallest absolute Gasteiger partial charge is 0.143 e. The molecule has 1 aromatic rings. The van der Waals surface area contributed by atoms with Gasteiger partial charge in [-0.2, -0.15) is 0 Å². The fraction of sp³-hybridized carbons (Fsp3) is 0.385. The minimum Gasteiger partial charge on any atom is -0.370 e. The summed E-state index contributed by atoms with van der Waals surface area (Å²) < 4.78 is 28.2. The lowest BCUT2D eigenvalue weighted by Gasteiger charge is -2.15. The molecule has 2 heterocycles. The predicted octanol–water partition coefficient (Wildman–Crippen LogP) is 3.31. The van der Waals surface area contributed by atoms with Crippen LogP contribution in [0.4, 0.5) is 8.78 Å². The first-order valence-electron chi connectivity index (χ1n) is 5.90. The summed E-state index contributed by atoms with van der Waals surface area (Å²) in [6.45, 7) is 3.42. The summed E-state index contributed by atoms with van der Waals surface area (Å²) in [6, 6.07) is 2.74. The van der Waals surface area contributed by atoms with Crippen molar-refractivity contribution in [3.63, 3.8) is 0 Å². The second kappa shape index (κ2) is 4.23. The van der Waals surface area contributed by atoms with Crippen molar-refractivity contribution in [1.29, 1.82) is 0 Å². The minimum atomic E-state index is -0.465. The van der Waals surface area contributed by atoms with Gasteiger partial charge in [-0.1, -0.05) is 0 Å². The van der Waals surface area contributed by atoms with Crippen molar-refractivity contribution in [2.24, 2.45) is 0 Å². The first-order valence-corrected chi connectivity index (χ1v) is 6.69. The largest absolute Gasteiger partial charge is 0.370 e. The van der Waals surface area contributed by atoms with Crippen LogP contribution in [-0.2, 0) is 0 Å². The highest BCUT2D eigenvalue weighted by Crippen LogP contribution is 2.40. The number of hydrogen-bond donors (Lipinski definition) is 1. The quantitative estimate of drug-likeness (QED) is 0.800. The van der Waals surface area contributed by atoms with Crippen LogP contribution in [0.3, 0.4) is 0 Å². The van der Waals surface area contributed by atoms with Gasteiger partial charge in [0.15, 0.2) is 0 Å². The summed E-state index contributed by atoms with van der Waals surface area (Å²) in [6.07, 6.45) is 0.698. The minimum absolute atomic E-state index is 0.102. The lowest BCUT2D eigenvalue weighted by molar-refractivity contribution is 0.393. The Morgan fingerprint density at radius 2 is 2.17 bits per heavy atom. The van der Waals surface area contributed by atoms with Gasteiger partial charge in [0, 0.05) is 29.4 Å². The standard InChI is InChI=1S/C13H13BrF2N2/c1-7-11-4-8(5-18(11)6-17-7)12-10(15)3-2-9(14)13(12)16/h2-3,8,17H,4-6H2,1H3/t8-/m1/s1. The number of benzene rings is 1. The predicted molar refractivity (Wildman–Crippen MR) is 68.8 cm³/mol. The van der Waals surface area contributed by atoms with Gasteiger partial charge in [-0.15, -0.1) is 0 Å². The molecule has 96 valence electrons. The van der Waals surface area contributed by atoms with E-state index in [-0.39, 0.29) is 11.5 Å². The molecular formula is C13H13BrF2N2. The van der Waals surface area contributed by atoms with Crippen molar-refractivity contribution < 1.29 is 8.78 Å². The van der Waals surface area contributed by atoms with Crippen molar-refractivity contribution in [2.45, 2.75) is 19.3 Å². The monoisotopic (exact) mass is 314 g/mol. The van der Waals surface area contributed by atoms with Crippen LogP contribution >= 0.6 is 15.9 Å². The number of hydrogen-bond acceptors (Lipinski definition) is 2. The van der Waals surface area contributed by atoms with Crippen LogP contribution in [-0.4, -0.2) is 18.1 Å². The summed E-state index contributed by atoms with van der Waals surface area (Å²) in [4.78, 5) is 2.15. The second-order valence-electron chi connectivity index (χ2n) is 4.79. The molecule has 5 heteroatoms. The summed E-state index contributed by atoms with van der Waals surface area (Å²) in [7, 11) is 0. The molecule has 0 aliphatic carbocycles. The zero-order chi connectivity index (χ0) is 12.9. The molecule has 0 unspecified atom stereocenters. The Labute approximate surface area is 113 Å². The van der Waals surface area contributed by atoms with Crippen molar-refractivity contribution in [3.05, 3.63) is 45.2 Å². The molecule has 1 aromatic carbocycles. The molecular weight excluding hydrogens is 302 g/mol. The summed E-state index contributed by atoms with van der Waals surface area (Å²) in [5.41, 5.74) is 2.51. The highest BCUT2D eigenvalue weighted by molar-refractivity contribution is 9.10. The molecule has 0 amide bonds. The van der Waals surface area contributed by atoms with E-state index in [0.29, 0.717) is 17.4 Å². The van der Waals surface area contributed by atoms with Crippen LogP contribution in [0.1, 0.15) is 24.8 Å². The summed E-state index contributed by atoms with van der Waals surface area (Å²) in [5, 5.41) is 3.24. The maximum atomic E-state index is 14.1. The molecule has 2 nitrogen and oxygen atoms in total. The Kier molecular flexibility index (Phi) is 2.81. The van der Waals surface area contributed by atoms with E-state index >= 15 is 0 Å². The van der Waals surface area contributed by atoms with Gasteiger partial charge < -0.3 is 10.2 Å². The van der Waals surface area contributed by atoms with Crippen LogP contribution < -0.4 is 5.32 Å². The van der Waals surface area contributed by atoms with Gasteiger partial charge in [0.05, 0.1) is 11.1 Å². The molecule has 1 atom stereocenters. The Morgan fingerprint density at radius 1 is 1.39 bits per heavy atom. The molecule has 0 radical (unpaired) electrons. The Bertz CT molecular complexity index is 542. The maximum absolute atomic E-state index is 14.1. The van der Waals surface area contributed by atoms with E-state index in [1.165, 1.54) is 17.8 Å². The molecule has 0 spiro atoms. The van der Waals surface area contributed by atoms with Crippen LogP contribution in [0.5, 0.6) is 0 Å². The number of halogens is 3. The van der Waals surface area contributed by atoms with E-state index < -0.39 is 11.6 Å². The SMILES string of the molecule is CC1=C2C[C@@H](c3c(F)ccc(Br)c3F)CN2CN1. The molecule has 0 aromatic heterocycles. The lowest BCUT2D eigenvalue weighted by atomic mass is 9.96. The average Bonchev–Trinajstić information content (AvgIpc) is 2.88. The van der Waals surface area contributed by atoms with E-state index in [1.807, 2.05) is 6.92 Å². The molecule has 2 aliphatic heterocycles. The third kappa shape index (κ3) is 1.72. The zero-order valence-corrected chi connectivity index (χ0v) is 11.5. The number of nitrogens with zero attached hydrogens (tertiary/aromatic N) is 1. The number of fused-ring (bicyclic) bond motifs is 1. The van der Waals surface area contributed by atoms with Crippen molar-refractivity contribution in [1.82, 2.24) is 10.2 Å². The molecule has 18 heavy (non-hydrogen) atoms. The first kappa shape index (κ1) is 12.0. The first-order chi connectivity index (χ1) is 8.58. The van der Waals surface area contributed by atoms with E-state index in [0.717, 1.165) is 12.4 Å². The number of allylic oxidation sites excluding steroid dienone is 2. The zero-order valence-electron chi connectivity index (χ0n) is 9.93. The van der Waals surface area contributed by atoms with Gasteiger partial charge in [-0.05, 0) is 41.4 Å². The van der Waals surface area contributed by atoms with Crippen LogP contribution in [0, 0.1) is 11.6 Å². The number of rotatable bonds is 1. The molecule has 1 saturated heterocycles. The van der Waals surface area contributed by atoms with Gasteiger partial charge in [-0.25, -0.2) is 8.78 Å². The summed E-state index contributed by atoms with van der Waals surface area (Å²) in [5.74, 6) is -1.02. The molecule has 0 saturated carbocycles. The molecule has 0 bridgehead atoms. The highest BCUT2D eigenvalue weighted by atomic mass is 79.9. The Balaban J connectivity index is 1.99. The van der Waals surface area contributed by atoms with E-state index in [4.69, 9.17) is 0 Å². The maximum Gasteiger partial charge on any atom is 0.143 e. The van der Waals surface area contributed by atoms with Gasteiger partial charge in [-0.3, -0.25) is 0 Å².